The minimum atomic E-state index is -0.269. The zero-order valence-corrected chi connectivity index (χ0v) is 20.2. The number of rotatable bonds is 7. The van der Waals surface area contributed by atoms with Crippen LogP contribution < -0.4 is 5.32 Å². The van der Waals surface area contributed by atoms with Gasteiger partial charge in [0, 0.05) is 31.1 Å². The molecular weight excluding hydrogens is 441 g/mol. The highest BCUT2D eigenvalue weighted by Crippen LogP contribution is 2.30. The Labute approximate surface area is 206 Å². The molecule has 2 atom stereocenters. The van der Waals surface area contributed by atoms with Crippen molar-refractivity contribution in [2.45, 2.75) is 38.5 Å². The van der Waals surface area contributed by atoms with Crippen LogP contribution in [-0.4, -0.2) is 42.1 Å². The van der Waals surface area contributed by atoms with E-state index in [1.54, 1.807) is 12.1 Å². The van der Waals surface area contributed by atoms with Crippen molar-refractivity contribution >= 4 is 5.91 Å². The number of aromatic nitrogens is 1. The van der Waals surface area contributed by atoms with E-state index in [0.29, 0.717) is 35.8 Å². The molecule has 1 N–H and O–H groups in total. The van der Waals surface area contributed by atoms with Gasteiger partial charge in [-0.05, 0) is 92.8 Å². The average Bonchev–Trinajstić information content (AvgIpc) is 3.35. The van der Waals surface area contributed by atoms with Crippen LogP contribution in [-0.2, 0) is 17.6 Å². The summed E-state index contributed by atoms with van der Waals surface area (Å²) in [6, 6.07) is 18.9. The number of nitrogens with zero attached hydrogens (tertiary/aromatic N) is 2. The third-order valence-electron chi connectivity index (χ3n) is 7.70. The van der Waals surface area contributed by atoms with Crippen LogP contribution in [0.2, 0.25) is 0 Å². The number of hydrogen-bond donors (Lipinski definition) is 1. The van der Waals surface area contributed by atoms with Gasteiger partial charge in [-0.15, -0.1) is 0 Å². The van der Waals surface area contributed by atoms with Crippen molar-refractivity contribution in [3.05, 3.63) is 77.7 Å². The maximum atomic E-state index is 13.2. The van der Waals surface area contributed by atoms with Gasteiger partial charge in [0.2, 0.25) is 5.91 Å². The van der Waals surface area contributed by atoms with Gasteiger partial charge in [-0.25, -0.2) is 4.39 Å². The van der Waals surface area contributed by atoms with Gasteiger partial charge < -0.3 is 14.7 Å². The molecule has 0 saturated carbocycles. The van der Waals surface area contributed by atoms with Crippen LogP contribution in [0.25, 0.3) is 11.3 Å². The molecule has 1 amide bonds. The monoisotopic (exact) mass is 475 g/mol. The van der Waals surface area contributed by atoms with Gasteiger partial charge in [0.25, 0.3) is 0 Å². The zero-order chi connectivity index (χ0) is 24.0. The topological polar surface area (TPSA) is 58.4 Å². The lowest BCUT2D eigenvalue weighted by Crippen LogP contribution is -2.43. The maximum Gasteiger partial charge on any atom is 0.222 e. The van der Waals surface area contributed by atoms with Gasteiger partial charge in [0.05, 0.1) is 5.69 Å². The fraction of sp³-hybridized carbons (Fsp3) is 0.448. The van der Waals surface area contributed by atoms with E-state index in [0.717, 1.165) is 69.5 Å². The number of carbonyl (C=O) groups excluding carboxylic acids is 1. The minimum absolute atomic E-state index is 0.269. The lowest BCUT2D eigenvalue weighted by Gasteiger charge is -2.36. The van der Waals surface area contributed by atoms with E-state index < -0.39 is 0 Å². The number of piperidine rings is 2. The molecule has 2 fully saturated rings. The van der Waals surface area contributed by atoms with Crippen molar-refractivity contribution in [1.29, 1.82) is 0 Å². The molecule has 3 aromatic rings. The quantitative estimate of drug-likeness (QED) is 0.515. The third-order valence-corrected chi connectivity index (χ3v) is 7.70. The Morgan fingerprint density at radius 1 is 1.00 bits per heavy atom. The predicted octanol–water partition coefficient (Wildman–Crippen LogP) is 5.12. The van der Waals surface area contributed by atoms with Crippen LogP contribution in [0.5, 0.6) is 0 Å². The molecule has 0 bridgehead atoms. The Hall–Kier alpha value is -2.99. The molecule has 0 spiro atoms. The fourth-order valence-electron chi connectivity index (χ4n) is 5.60. The smallest absolute Gasteiger partial charge is 0.222 e. The number of halogens is 1. The summed E-state index contributed by atoms with van der Waals surface area (Å²) in [6.07, 6.45) is 5.66. The van der Waals surface area contributed by atoms with Gasteiger partial charge in [-0.3, -0.25) is 4.79 Å². The highest BCUT2D eigenvalue weighted by molar-refractivity contribution is 5.76. The third kappa shape index (κ3) is 6.17. The summed E-state index contributed by atoms with van der Waals surface area (Å²) in [5, 5.41) is 7.75. The molecule has 3 heterocycles. The van der Waals surface area contributed by atoms with E-state index in [9.17, 15) is 9.18 Å². The van der Waals surface area contributed by atoms with Crippen molar-refractivity contribution in [2.24, 2.45) is 17.8 Å². The maximum absolute atomic E-state index is 13.2. The highest BCUT2D eigenvalue weighted by Gasteiger charge is 2.31. The van der Waals surface area contributed by atoms with E-state index in [1.165, 1.54) is 17.7 Å². The van der Waals surface area contributed by atoms with Crippen LogP contribution in [0, 0.1) is 23.6 Å². The molecular formula is C29H34FN3O2. The molecule has 5 rings (SSSR count). The fourth-order valence-corrected chi connectivity index (χ4v) is 5.60. The molecule has 5 nitrogen and oxygen atoms in total. The number of nitrogens with one attached hydrogen (secondary N) is 1. The summed E-state index contributed by atoms with van der Waals surface area (Å²) in [6.45, 7) is 3.58. The molecule has 2 aromatic carbocycles. The molecule has 2 aliphatic heterocycles. The molecule has 1 aromatic heterocycles. The lowest BCUT2D eigenvalue weighted by molar-refractivity contribution is -0.134. The van der Waals surface area contributed by atoms with Gasteiger partial charge in [0.15, 0.2) is 5.76 Å². The zero-order valence-electron chi connectivity index (χ0n) is 20.2. The number of carbonyl (C=O) groups is 1. The normalized spacial score (nSPS) is 21.2. The van der Waals surface area contributed by atoms with Gasteiger partial charge in [-0.2, -0.15) is 0 Å². The molecule has 0 aliphatic carbocycles. The predicted molar refractivity (Wildman–Crippen MR) is 134 cm³/mol. The molecule has 35 heavy (non-hydrogen) atoms. The molecule has 0 radical (unpaired) electrons. The number of likely N-dealkylation sites (tertiary alicyclic amines) is 1. The second-order valence-corrected chi connectivity index (χ2v) is 10.1. The second-order valence-electron chi connectivity index (χ2n) is 10.1. The second kappa shape index (κ2) is 11.2. The van der Waals surface area contributed by atoms with Crippen molar-refractivity contribution < 1.29 is 13.7 Å². The molecule has 0 unspecified atom stereocenters. The largest absolute Gasteiger partial charge is 0.356 e. The van der Waals surface area contributed by atoms with Crippen molar-refractivity contribution in [1.82, 2.24) is 15.4 Å². The standard InChI is InChI=1S/C29H34FN3O2/c30-26-8-6-23(7-9-26)28-19-27(32-35-28)17-25-20-31-13-10-24(25)18-29(34)33-14-11-22(12-15-33)16-21-4-2-1-3-5-21/h1-9,19,22,24-25,31H,10-18,20H2/t24-,25-/m0/s1. The number of amides is 1. The minimum Gasteiger partial charge on any atom is -0.356 e. The summed E-state index contributed by atoms with van der Waals surface area (Å²) in [4.78, 5) is 15.3. The van der Waals surface area contributed by atoms with Crippen LogP contribution >= 0.6 is 0 Å². The van der Waals surface area contributed by atoms with E-state index in [-0.39, 0.29) is 5.82 Å². The lowest BCUT2D eigenvalue weighted by atomic mass is 9.80. The van der Waals surface area contributed by atoms with Crippen LogP contribution in [0.3, 0.4) is 0 Å². The van der Waals surface area contributed by atoms with Crippen molar-refractivity contribution in [2.75, 3.05) is 26.2 Å². The Kier molecular flexibility index (Phi) is 7.57. The van der Waals surface area contributed by atoms with Crippen molar-refractivity contribution in [3.63, 3.8) is 0 Å². The van der Waals surface area contributed by atoms with E-state index in [4.69, 9.17) is 4.52 Å². The summed E-state index contributed by atoms with van der Waals surface area (Å²) in [5.74, 6) is 2.03. The van der Waals surface area contributed by atoms with Gasteiger partial charge in [-0.1, -0.05) is 35.5 Å². The summed E-state index contributed by atoms with van der Waals surface area (Å²) >= 11 is 0. The number of hydrogen-bond acceptors (Lipinski definition) is 4. The van der Waals surface area contributed by atoms with Crippen LogP contribution in [0.15, 0.2) is 65.2 Å². The van der Waals surface area contributed by atoms with E-state index >= 15 is 0 Å². The summed E-state index contributed by atoms with van der Waals surface area (Å²) in [5.41, 5.74) is 3.09. The Balaban J connectivity index is 1.14. The molecule has 2 saturated heterocycles. The Morgan fingerprint density at radius 3 is 2.54 bits per heavy atom. The van der Waals surface area contributed by atoms with E-state index in [1.807, 2.05) is 6.07 Å². The molecule has 6 heteroatoms. The molecule has 2 aliphatic rings. The summed E-state index contributed by atoms with van der Waals surface area (Å²) < 4.78 is 18.8. The Bertz CT molecular complexity index is 1090. The van der Waals surface area contributed by atoms with Crippen molar-refractivity contribution in [3.8, 4) is 11.3 Å². The first-order valence-electron chi connectivity index (χ1n) is 12.9. The first-order valence-corrected chi connectivity index (χ1v) is 12.9. The van der Waals surface area contributed by atoms with E-state index in [2.05, 4.69) is 45.7 Å². The first kappa shape index (κ1) is 23.7. The van der Waals surface area contributed by atoms with Gasteiger partial charge >= 0.3 is 0 Å². The van der Waals surface area contributed by atoms with Gasteiger partial charge in [0.1, 0.15) is 5.82 Å². The molecule has 184 valence electrons. The van der Waals surface area contributed by atoms with Crippen LogP contribution in [0.4, 0.5) is 4.39 Å². The SMILES string of the molecule is O=C(C[C@@H]1CCNC[C@@H]1Cc1cc(-c2ccc(F)cc2)on1)N1CCC(Cc2ccccc2)CC1. The Morgan fingerprint density at radius 2 is 1.77 bits per heavy atom. The average molecular weight is 476 g/mol. The van der Waals surface area contributed by atoms with Crippen LogP contribution in [0.1, 0.15) is 36.9 Å². The highest BCUT2D eigenvalue weighted by atomic mass is 19.1. The number of benzene rings is 2. The summed E-state index contributed by atoms with van der Waals surface area (Å²) in [7, 11) is 0. The first-order chi connectivity index (χ1) is 17.1.